The molecular formula is C32H34FN5O4. The molecule has 0 atom stereocenters. The predicted octanol–water partition coefficient (Wildman–Crippen LogP) is 3.99. The SMILES string of the molecule is CN1CCN(CC(=O)N(C)c2ccc(NC(=C3C(=O)Nc4cc(F)ccc43)c3ccc(CCC(=O)O)cc3)cc2)CC1. The Morgan fingerprint density at radius 1 is 1.00 bits per heavy atom. The first-order chi connectivity index (χ1) is 20.2. The van der Waals surface area contributed by atoms with Gasteiger partial charge in [-0.25, -0.2) is 4.39 Å². The molecule has 0 spiro atoms. The molecule has 42 heavy (non-hydrogen) atoms. The van der Waals surface area contributed by atoms with Crippen LogP contribution in [0, 0.1) is 5.82 Å². The summed E-state index contributed by atoms with van der Waals surface area (Å²) in [5, 5.41) is 15.1. The molecule has 0 aromatic heterocycles. The van der Waals surface area contributed by atoms with E-state index >= 15 is 0 Å². The summed E-state index contributed by atoms with van der Waals surface area (Å²) >= 11 is 0. The number of aryl methyl sites for hydroxylation is 1. The Morgan fingerprint density at radius 2 is 1.69 bits per heavy atom. The Hall–Kier alpha value is -4.54. The minimum Gasteiger partial charge on any atom is -0.481 e. The van der Waals surface area contributed by atoms with Gasteiger partial charge in [-0.2, -0.15) is 0 Å². The molecule has 2 heterocycles. The van der Waals surface area contributed by atoms with Gasteiger partial charge < -0.3 is 25.5 Å². The number of carboxylic acid groups (broad SMARTS) is 1. The molecule has 0 aliphatic carbocycles. The third kappa shape index (κ3) is 6.67. The zero-order chi connectivity index (χ0) is 29.8. The molecule has 3 N–H and O–H groups in total. The number of halogens is 1. The molecule has 3 aromatic rings. The second-order valence-corrected chi connectivity index (χ2v) is 10.7. The van der Waals surface area contributed by atoms with Gasteiger partial charge in [-0.15, -0.1) is 0 Å². The van der Waals surface area contributed by atoms with Crippen LogP contribution in [0.25, 0.3) is 11.3 Å². The summed E-state index contributed by atoms with van der Waals surface area (Å²) in [6, 6.07) is 18.9. The Labute approximate surface area is 244 Å². The molecule has 2 amide bonds. The van der Waals surface area contributed by atoms with Gasteiger partial charge in [-0.05, 0) is 67.1 Å². The van der Waals surface area contributed by atoms with E-state index in [2.05, 4.69) is 27.5 Å². The Bertz CT molecular complexity index is 1510. The average Bonchev–Trinajstić information content (AvgIpc) is 3.30. The highest BCUT2D eigenvalue weighted by Crippen LogP contribution is 2.38. The van der Waals surface area contributed by atoms with Crippen LogP contribution in [-0.2, 0) is 20.8 Å². The van der Waals surface area contributed by atoms with Crippen molar-refractivity contribution in [3.05, 3.63) is 89.2 Å². The first-order valence-corrected chi connectivity index (χ1v) is 13.9. The summed E-state index contributed by atoms with van der Waals surface area (Å²) in [6.45, 7) is 3.97. The molecule has 1 fully saturated rings. The van der Waals surface area contributed by atoms with Crippen molar-refractivity contribution in [1.82, 2.24) is 9.80 Å². The maximum atomic E-state index is 13.9. The van der Waals surface area contributed by atoms with Crippen LogP contribution in [0.5, 0.6) is 0 Å². The van der Waals surface area contributed by atoms with Crippen LogP contribution >= 0.6 is 0 Å². The lowest BCUT2D eigenvalue weighted by molar-refractivity contribution is -0.137. The quantitative estimate of drug-likeness (QED) is 0.334. The maximum absolute atomic E-state index is 13.9. The van der Waals surface area contributed by atoms with Gasteiger partial charge in [0.05, 0.1) is 23.5 Å². The van der Waals surface area contributed by atoms with E-state index in [0.717, 1.165) is 37.4 Å². The van der Waals surface area contributed by atoms with Crippen LogP contribution in [0.15, 0.2) is 66.7 Å². The predicted molar refractivity (Wildman–Crippen MR) is 162 cm³/mol. The molecular weight excluding hydrogens is 537 g/mol. The number of fused-ring (bicyclic) bond motifs is 1. The van der Waals surface area contributed by atoms with Gasteiger partial charge in [0.1, 0.15) is 5.82 Å². The number of likely N-dealkylation sites (N-methyl/N-ethyl adjacent to an activating group) is 2. The van der Waals surface area contributed by atoms with Crippen LogP contribution in [0.2, 0.25) is 0 Å². The van der Waals surface area contributed by atoms with E-state index in [9.17, 15) is 18.8 Å². The summed E-state index contributed by atoms with van der Waals surface area (Å²) in [7, 11) is 3.84. The van der Waals surface area contributed by atoms with Crippen molar-refractivity contribution in [3.63, 3.8) is 0 Å². The number of piperazine rings is 1. The number of nitrogens with zero attached hydrogens (tertiary/aromatic N) is 3. The van der Waals surface area contributed by atoms with E-state index in [1.807, 2.05) is 48.5 Å². The molecule has 2 aliphatic heterocycles. The van der Waals surface area contributed by atoms with Crippen molar-refractivity contribution in [2.75, 3.05) is 62.4 Å². The molecule has 0 radical (unpaired) electrons. The summed E-state index contributed by atoms with van der Waals surface area (Å²) < 4.78 is 13.9. The Kier molecular flexibility index (Phi) is 8.65. The Morgan fingerprint density at radius 3 is 2.36 bits per heavy atom. The number of aliphatic carboxylic acids is 1. The van der Waals surface area contributed by atoms with Crippen molar-refractivity contribution < 1.29 is 23.9 Å². The van der Waals surface area contributed by atoms with E-state index in [-0.39, 0.29) is 18.2 Å². The normalized spacial score (nSPS) is 16.5. The molecule has 3 aromatic carbocycles. The molecule has 0 unspecified atom stereocenters. The third-order valence-electron chi connectivity index (χ3n) is 7.70. The molecule has 1 saturated heterocycles. The zero-order valence-corrected chi connectivity index (χ0v) is 23.7. The van der Waals surface area contributed by atoms with Crippen molar-refractivity contribution in [2.24, 2.45) is 0 Å². The van der Waals surface area contributed by atoms with Gasteiger partial charge in [0, 0.05) is 56.6 Å². The fourth-order valence-electron chi connectivity index (χ4n) is 5.12. The van der Waals surface area contributed by atoms with Gasteiger partial charge in [-0.1, -0.05) is 24.3 Å². The number of carboxylic acids is 1. The van der Waals surface area contributed by atoms with E-state index in [1.54, 1.807) is 18.0 Å². The van der Waals surface area contributed by atoms with Crippen LogP contribution in [0.3, 0.4) is 0 Å². The monoisotopic (exact) mass is 571 g/mol. The maximum Gasteiger partial charge on any atom is 0.303 e. The van der Waals surface area contributed by atoms with Crippen LogP contribution in [0.4, 0.5) is 21.5 Å². The van der Waals surface area contributed by atoms with Gasteiger partial charge in [0.25, 0.3) is 5.91 Å². The summed E-state index contributed by atoms with van der Waals surface area (Å²) in [4.78, 5) is 43.1. The van der Waals surface area contributed by atoms with Crippen molar-refractivity contribution in [3.8, 4) is 0 Å². The molecule has 9 nitrogen and oxygen atoms in total. The molecule has 0 saturated carbocycles. The van der Waals surface area contributed by atoms with E-state index in [4.69, 9.17) is 5.11 Å². The lowest BCUT2D eigenvalue weighted by Crippen LogP contribution is -2.48. The van der Waals surface area contributed by atoms with Crippen molar-refractivity contribution >= 4 is 46.1 Å². The number of carbonyl (C=O) groups excluding carboxylic acids is 2. The molecule has 218 valence electrons. The number of hydrogen-bond donors (Lipinski definition) is 3. The molecule has 10 heteroatoms. The standard InChI is InChI=1S/C32H34FN5O4/c1-36-15-17-38(18-16-36)20-28(39)37(2)25-11-9-24(10-12-25)34-31(22-6-3-21(4-7-22)5-14-29(40)41)30-26-13-8-23(33)19-27(26)35-32(30)42/h3-4,6-13,19,34H,5,14-18,20H2,1-2H3,(H,35,42)(H,40,41). The summed E-state index contributed by atoms with van der Waals surface area (Å²) in [5.74, 6) is -1.67. The van der Waals surface area contributed by atoms with Gasteiger partial charge in [0.15, 0.2) is 0 Å². The third-order valence-corrected chi connectivity index (χ3v) is 7.70. The second kappa shape index (κ2) is 12.5. The molecule has 0 bridgehead atoms. The van der Waals surface area contributed by atoms with E-state index < -0.39 is 11.8 Å². The molecule has 2 aliphatic rings. The van der Waals surface area contributed by atoms with Gasteiger partial charge in [0.2, 0.25) is 5.91 Å². The van der Waals surface area contributed by atoms with Crippen LogP contribution < -0.4 is 15.5 Å². The highest BCUT2D eigenvalue weighted by molar-refractivity contribution is 6.37. The van der Waals surface area contributed by atoms with E-state index in [0.29, 0.717) is 46.7 Å². The smallest absolute Gasteiger partial charge is 0.303 e. The van der Waals surface area contributed by atoms with Crippen LogP contribution in [-0.4, -0.2) is 79.5 Å². The Balaban J connectivity index is 1.40. The van der Waals surface area contributed by atoms with Gasteiger partial charge >= 0.3 is 5.97 Å². The lowest BCUT2D eigenvalue weighted by Gasteiger charge is -2.32. The van der Waals surface area contributed by atoms with Gasteiger partial charge in [-0.3, -0.25) is 19.3 Å². The second-order valence-electron chi connectivity index (χ2n) is 10.7. The van der Waals surface area contributed by atoms with Crippen molar-refractivity contribution in [1.29, 1.82) is 0 Å². The number of rotatable bonds is 9. The summed E-state index contributed by atoms with van der Waals surface area (Å²) in [5.41, 5.74) is 4.86. The largest absolute Gasteiger partial charge is 0.481 e. The van der Waals surface area contributed by atoms with Crippen molar-refractivity contribution in [2.45, 2.75) is 12.8 Å². The average molecular weight is 572 g/mol. The molecule has 5 rings (SSSR count). The number of hydrogen-bond acceptors (Lipinski definition) is 6. The minimum atomic E-state index is -0.870. The fraction of sp³-hybridized carbons (Fsp3) is 0.281. The zero-order valence-electron chi connectivity index (χ0n) is 23.7. The highest BCUT2D eigenvalue weighted by atomic mass is 19.1. The highest BCUT2D eigenvalue weighted by Gasteiger charge is 2.29. The first-order valence-electron chi connectivity index (χ1n) is 13.9. The number of carbonyl (C=O) groups is 3. The summed E-state index contributed by atoms with van der Waals surface area (Å²) in [6.07, 6.45) is 0.408. The van der Waals surface area contributed by atoms with E-state index in [1.165, 1.54) is 12.1 Å². The first kappa shape index (κ1) is 29.0. The topological polar surface area (TPSA) is 105 Å². The number of benzene rings is 3. The van der Waals surface area contributed by atoms with Crippen LogP contribution in [0.1, 0.15) is 23.1 Å². The number of amides is 2. The fourth-order valence-corrected chi connectivity index (χ4v) is 5.12. The number of anilines is 3. The number of nitrogens with one attached hydrogen (secondary N) is 2. The lowest BCUT2D eigenvalue weighted by atomic mass is 9.98. The minimum absolute atomic E-state index is 0.0116.